The molecule has 78 valence electrons. The van der Waals surface area contributed by atoms with E-state index in [0.29, 0.717) is 0 Å². The lowest BCUT2D eigenvalue weighted by atomic mass is 9.85. The maximum absolute atomic E-state index is 5.65. The third kappa shape index (κ3) is 4.33. The highest BCUT2D eigenvalue weighted by molar-refractivity contribution is 6.17. The minimum absolute atomic E-state index is 0.820. The van der Waals surface area contributed by atoms with E-state index >= 15 is 0 Å². The van der Waals surface area contributed by atoms with Crippen LogP contribution in [0.1, 0.15) is 39.0 Å². The third-order valence-electron chi connectivity index (χ3n) is 3.05. The second kappa shape index (κ2) is 6.67. The van der Waals surface area contributed by atoms with E-state index in [0.717, 1.165) is 11.8 Å². The fourth-order valence-electron chi connectivity index (χ4n) is 1.85. The summed E-state index contributed by atoms with van der Waals surface area (Å²) in [5.41, 5.74) is 0. The van der Waals surface area contributed by atoms with Crippen LogP contribution in [0.4, 0.5) is 0 Å². The van der Waals surface area contributed by atoms with E-state index in [1.807, 2.05) is 0 Å². The van der Waals surface area contributed by atoms with Gasteiger partial charge >= 0.3 is 0 Å². The molecular formula is C11H22ClN. The van der Waals surface area contributed by atoms with E-state index in [1.165, 1.54) is 51.7 Å². The highest BCUT2D eigenvalue weighted by Crippen LogP contribution is 2.27. The highest BCUT2D eigenvalue weighted by atomic mass is 35.5. The van der Waals surface area contributed by atoms with Crippen LogP contribution in [0.2, 0.25) is 0 Å². The van der Waals surface area contributed by atoms with Crippen molar-refractivity contribution in [3.05, 3.63) is 0 Å². The van der Waals surface area contributed by atoms with Crippen molar-refractivity contribution >= 4 is 11.6 Å². The first-order valence-corrected chi connectivity index (χ1v) is 6.18. The van der Waals surface area contributed by atoms with Crippen molar-refractivity contribution in [2.24, 2.45) is 5.92 Å². The molecule has 1 saturated carbocycles. The number of rotatable bonds is 7. The zero-order valence-corrected chi connectivity index (χ0v) is 9.52. The lowest BCUT2D eigenvalue weighted by molar-refractivity contribution is 0.182. The summed E-state index contributed by atoms with van der Waals surface area (Å²) in [7, 11) is 0. The second-order valence-electron chi connectivity index (χ2n) is 4.09. The van der Waals surface area contributed by atoms with Crippen LogP contribution < -0.4 is 0 Å². The Bertz CT molecular complexity index is 123. The lowest BCUT2D eigenvalue weighted by Crippen LogP contribution is -2.33. The van der Waals surface area contributed by atoms with Gasteiger partial charge in [0.1, 0.15) is 0 Å². The van der Waals surface area contributed by atoms with Crippen LogP contribution in [0.15, 0.2) is 0 Å². The monoisotopic (exact) mass is 203 g/mol. The summed E-state index contributed by atoms with van der Waals surface area (Å²) in [6, 6.07) is 0. The molecule has 2 heteroatoms. The molecule has 1 fully saturated rings. The van der Waals surface area contributed by atoms with Crippen molar-refractivity contribution < 1.29 is 0 Å². The summed E-state index contributed by atoms with van der Waals surface area (Å²) in [4.78, 5) is 2.58. The Labute approximate surface area is 87.4 Å². The first kappa shape index (κ1) is 11.3. The molecule has 0 N–H and O–H groups in total. The maximum atomic E-state index is 5.65. The zero-order chi connectivity index (χ0) is 9.52. The zero-order valence-electron chi connectivity index (χ0n) is 8.77. The van der Waals surface area contributed by atoms with Gasteiger partial charge in [-0.25, -0.2) is 0 Å². The SMILES string of the molecule is CCN(CCCCCl)CC1CCC1. The molecule has 0 radical (unpaired) electrons. The maximum Gasteiger partial charge on any atom is 0.0223 e. The van der Waals surface area contributed by atoms with Gasteiger partial charge in [0, 0.05) is 12.4 Å². The molecule has 0 aromatic carbocycles. The molecule has 0 unspecified atom stereocenters. The number of hydrogen-bond donors (Lipinski definition) is 0. The Balaban J connectivity index is 2.03. The number of nitrogens with zero attached hydrogens (tertiary/aromatic N) is 1. The molecular weight excluding hydrogens is 182 g/mol. The van der Waals surface area contributed by atoms with Gasteiger partial charge < -0.3 is 4.90 Å². The normalized spacial score (nSPS) is 17.8. The van der Waals surface area contributed by atoms with Crippen LogP contribution in [-0.2, 0) is 0 Å². The van der Waals surface area contributed by atoms with Gasteiger partial charge in [-0.2, -0.15) is 0 Å². The van der Waals surface area contributed by atoms with Gasteiger partial charge in [0.2, 0.25) is 0 Å². The molecule has 1 rings (SSSR count). The van der Waals surface area contributed by atoms with Crippen LogP contribution in [0.5, 0.6) is 0 Å². The van der Waals surface area contributed by atoms with E-state index < -0.39 is 0 Å². The first-order chi connectivity index (χ1) is 6.36. The van der Waals surface area contributed by atoms with E-state index in [1.54, 1.807) is 0 Å². The largest absolute Gasteiger partial charge is 0.303 e. The molecule has 0 bridgehead atoms. The summed E-state index contributed by atoms with van der Waals surface area (Å²) < 4.78 is 0. The molecule has 0 atom stereocenters. The molecule has 1 nitrogen and oxygen atoms in total. The molecule has 0 aromatic rings. The second-order valence-corrected chi connectivity index (χ2v) is 4.46. The summed E-state index contributed by atoms with van der Waals surface area (Å²) in [5.74, 6) is 1.83. The van der Waals surface area contributed by atoms with Gasteiger partial charge in [-0.05, 0) is 44.7 Å². The quantitative estimate of drug-likeness (QED) is 0.454. The first-order valence-electron chi connectivity index (χ1n) is 5.65. The van der Waals surface area contributed by atoms with Gasteiger partial charge in [-0.15, -0.1) is 11.6 Å². The fourth-order valence-corrected chi connectivity index (χ4v) is 2.04. The molecule has 13 heavy (non-hydrogen) atoms. The number of hydrogen-bond acceptors (Lipinski definition) is 1. The Kier molecular flexibility index (Phi) is 5.81. The smallest absolute Gasteiger partial charge is 0.0223 e. The molecule has 0 aliphatic heterocycles. The van der Waals surface area contributed by atoms with E-state index in [2.05, 4.69) is 11.8 Å². The summed E-state index contributed by atoms with van der Waals surface area (Å²) in [5, 5.41) is 0. The molecule has 0 spiro atoms. The van der Waals surface area contributed by atoms with Crippen molar-refractivity contribution in [1.29, 1.82) is 0 Å². The van der Waals surface area contributed by atoms with Crippen LogP contribution in [0.3, 0.4) is 0 Å². The van der Waals surface area contributed by atoms with Crippen LogP contribution in [0.25, 0.3) is 0 Å². The summed E-state index contributed by atoms with van der Waals surface area (Å²) in [6.45, 7) is 6.05. The average Bonchev–Trinajstić information content (AvgIpc) is 2.08. The van der Waals surface area contributed by atoms with Crippen molar-refractivity contribution in [2.75, 3.05) is 25.5 Å². The topological polar surface area (TPSA) is 3.24 Å². The van der Waals surface area contributed by atoms with Gasteiger partial charge in [0.25, 0.3) is 0 Å². The number of halogens is 1. The minimum atomic E-state index is 0.820. The highest BCUT2D eigenvalue weighted by Gasteiger charge is 2.19. The predicted molar refractivity (Wildman–Crippen MR) is 59.4 cm³/mol. The Morgan fingerprint density at radius 3 is 2.54 bits per heavy atom. The van der Waals surface area contributed by atoms with Crippen molar-refractivity contribution in [3.8, 4) is 0 Å². The minimum Gasteiger partial charge on any atom is -0.303 e. The van der Waals surface area contributed by atoms with Crippen LogP contribution in [-0.4, -0.2) is 30.4 Å². The van der Waals surface area contributed by atoms with Crippen LogP contribution >= 0.6 is 11.6 Å². The van der Waals surface area contributed by atoms with E-state index in [4.69, 9.17) is 11.6 Å². The van der Waals surface area contributed by atoms with Crippen LogP contribution in [0, 0.1) is 5.92 Å². The Morgan fingerprint density at radius 1 is 1.31 bits per heavy atom. The van der Waals surface area contributed by atoms with Crippen molar-refractivity contribution in [3.63, 3.8) is 0 Å². The van der Waals surface area contributed by atoms with Gasteiger partial charge in [0.15, 0.2) is 0 Å². The van der Waals surface area contributed by atoms with E-state index in [9.17, 15) is 0 Å². The van der Waals surface area contributed by atoms with Gasteiger partial charge in [-0.1, -0.05) is 13.3 Å². The van der Waals surface area contributed by atoms with Crippen molar-refractivity contribution in [1.82, 2.24) is 4.90 Å². The number of unbranched alkanes of at least 4 members (excludes halogenated alkanes) is 1. The Morgan fingerprint density at radius 2 is 2.08 bits per heavy atom. The summed E-state index contributed by atoms with van der Waals surface area (Å²) >= 11 is 5.65. The average molecular weight is 204 g/mol. The van der Waals surface area contributed by atoms with Gasteiger partial charge in [-0.3, -0.25) is 0 Å². The molecule has 0 amide bonds. The molecule has 0 aromatic heterocycles. The number of alkyl halides is 1. The Hall–Kier alpha value is 0.250. The molecule has 1 aliphatic carbocycles. The van der Waals surface area contributed by atoms with E-state index in [-0.39, 0.29) is 0 Å². The van der Waals surface area contributed by atoms with Crippen molar-refractivity contribution in [2.45, 2.75) is 39.0 Å². The molecule has 0 heterocycles. The summed E-state index contributed by atoms with van der Waals surface area (Å²) in [6.07, 6.45) is 6.83. The lowest BCUT2D eigenvalue weighted by Gasteiger charge is -2.31. The predicted octanol–water partition coefficient (Wildman–Crippen LogP) is 3.13. The fraction of sp³-hybridized carbons (Fsp3) is 1.00. The molecule has 1 aliphatic rings. The standard InChI is InChI=1S/C11H22ClN/c1-2-13(9-4-3-8-12)10-11-6-5-7-11/h11H,2-10H2,1H3. The molecule has 0 saturated heterocycles. The third-order valence-corrected chi connectivity index (χ3v) is 3.31. The van der Waals surface area contributed by atoms with Gasteiger partial charge in [0.05, 0.1) is 0 Å².